The van der Waals surface area contributed by atoms with E-state index in [1.807, 2.05) is 6.92 Å². The maximum absolute atomic E-state index is 13.2. The number of aromatic nitrogens is 2. The summed E-state index contributed by atoms with van der Waals surface area (Å²) in [6, 6.07) is 2.18. The number of carbonyl (C=O) groups is 1. The van der Waals surface area contributed by atoms with E-state index in [9.17, 15) is 9.18 Å². The van der Waals surface area contributed by atoms with E-state index < -0.39 is 11.8 Å². The number of benzene rings is 1. The van der Waals surface area contributed by atoms with Gasteiger partial charge in [-0.25, -0.2) is 14.2 Å². The fraction of sp³-hybridized carbons (Fsp3) is 0.333. The van der Waals surface area contributed by atoms with Crippen molar-refractivity contribution in [3.05, 3.63) is 29.3 Å². The van der Waals surface area contributed by atoms with E-state index in [2.05, 4.69) is 9.97 Å². The number of H-pyrrole nitrogens is 1. The highest BCUT2D eigenvalue weighted by Gasteiger charge is 2.14. The first kappa shape index (κ1) is 12.5. The summed E-state index contributed by atoms with van der Waals surface area (Å²) in [7, 11) is 0. The highest BCUT2D eigenvalue weighted by molar-refractivity contribution is 6.00. The molecule has 18 heavy (non-hydrogen) atoms. The summed E-state index contributed by atoms with van der Waals surface area (Å²) in [6.07, 6.45) is 0.884. The van der Waals surface area contributed by atoms with Gasteiger partial charge in [0.15, 0.2) is 0 Å². The molecule has 0 aliphatic heterocycles. The van der Waals surface area contributed by atoms with Crippen molar-refractivity contribution < 1.29 is 19.0 Å². The summed E-state index contributed by atoms with van der Waals surface area (Å²) in [6.45, 7) is 2.83. The van der Waals surface area contributed by atoms with E-state index in [1.165, 1.54) is 6.07 Å². The van der Waals surface area contributed by atoms with Crippen molar-refractivity contribution in [3.8, 4) is 0 Å². The molecule has 0 aliphatic carbocycles. The van der Waals surface area contributed by atoms with Gasteiger partial charge in [-0.15, -0.1) is 0 Å². The summed E-state index contributed by atoms with van der Waals surface area (Å²) < 4.78 is 18.5. The normalized spacial score (nSPS) is 11.0. The van der Waals surface area contributed by atoms with Crippen LogP contribution < -0.4 is 0 Å². The monoisotopic (exact) mass is 252 g/mol. The Bertz CT molecular complexity index is 580. The summed E-state index contributed by atoms with van der Waals surface area (Å²) >= 11 is 0. The molecule has 0 spiro atoms. The van der Waals surface area contributed by atoms with Crippen molar-refractivity contribution in [2.24, 2.45) is 0 Å². The predicted octanol–water partition coefficient (Wildman–Crippen LogP) is 2.33. The Morgan fingerprint density at radius 3 is 3.00 bits per heavy atom. The Balaban J connectivity index is 2.37. The van der Waals surface area contributed by atoms with Crippen molar-refractivity contribution in [1.29, 1.82) is 0 Å². The number of nitrogens with zero attached hydrogens (tertiary/aromatic N) is 1. The molecular weight excluding hydrogens is 239 g/mol. The molecule has 1 heterocycles. The van der Waals surface area contributed by atoms with Crippen LogP contribution in [-0.2, 0) is 11.3 Å². The third kappa shape index (κ3) is 2.48. The van der Waals surface area contributed by atoms with Gasteiger partial charge in [-0.2, -0.15) is 0 Å². The second-order valence-corrected chi connectivity index (χ2v) is 3.89. The Morgan fingerprint density at radius 1 is 1.56 bits per heavy atom. The predicted molar refractivity (Wildman–Crippen MR) is 63.0 cm³/mol. The minimum Gasteiger partial charge on any atom is -0.478 e. The molecule has 0 atom stereocenters. The Labute approximate surface area is 103 Å². The minimum absolute atomic E-state index is 0.150. The number of hydrogen-bond acceptors (Lipinski definition) is 3. The number of rotatable bonds is 5. The number of aromatic carboxylic acids is 1. The van der Waals surface area contributed by atoms with Crippen LogP contribution in [0.2, 0.25) is 0 Å². The number of aromatic amines is 1. The van der Waals surface area contributed by atoms with Crippen LogP contribution >= 0.6 is 0 Å². The van der Waals surface area contributed by atoms with E-state index >= 15 is 0 Å². The Hall–Kier alpha value is -1.95. The summed E-state index contributed by atoms with van der Waals surface area (Å²) in [5.41, 5.74) is 0.462. The van der Waals surface area contributed by atoms with Gasteiger partial charge < -0.3 is 14.8 Å². The summed E-state index contributed by atoms with van der Waals surface area (Å²) in [4.78, 5) is 18.0. The lowest BCUT2D eigenvalue weighted by Gasteiger charge is -1.97. The molecule has 2 aromatic rings. The molecule has 1 aromatic carbocycles. The summed E-state index contributed by atoms with van der Waals surface area (Å²) in [5, 5.41) is 8.98. The van der Waals surface area contributed by atoms with Gasteiger partial charge >= 0.3 is 5.97 Å². The molecule has 0 aliphatic rings. The lowest BCUT2D eigenvalue weighted by Crippen LogP contribution is -1.99. The number of carboxylic acid groups (broad SMARTS) is 1. The molecule has 6 heteroatoms. The van der Waals surface area contributed by atoms with E-state index in [-0.39, 0.29) is 17.7 Å². The molecule has 2 N–H and O–H groups in total. The molecule has 1 aromatic heterocycles. The van der Waals surface area contributed by atoms with Crippen molar-refractivity contribution in [2.45, 2.75) is 20.0 Å². The van der Waals surface area contributed by atoms with Gasteiger partial charge in [0, 0.05) is 6.61 Å². The molecular formula is C12H13FN2O3. The van der Waals surface area contributed by atoms with Gasteiger partial charge in [0.05, 0.1) is 11.1 Å². The Kier molecular flexibility index (Phi) is 3.57. The van der Waals surface area contributed by atoms with E-state index in [1.54, 1.807) is 0 Å². The van der Waals surface area contributed by atoms with Crippen molar-refractivity contribution in [2.75, 3.05) is 6.61 Å². The smallest absolute Gasteiger partial charge is 0.338 e. The molecule has 0 fully saturated rings. The first-order chi connectivity index (χ1) is 8.61. The molecule has 2 rings (SSSR count). The third-order valence-electron chi connectivity index (χ3n) is 2.42. The van der Waals surface area contributed by atoms with Crippen LogP contribution in [-0.4, -0.2) is 27.7 Å². The van der Waals surface area contributed by atoms with Crippen molar-refractivity contribution in [1.82, 2.24) is 9.97 Å². The van der Waals surface area contributed by atoms with E-state index in [4.69, 9.17) is 9.84 Å². The molecule has 0 saturated heterocycles. The zero-order chi connectivity index (χ0) is 13.1. The number of ether oxygens (including phenoxy) is 1. The molecule has 0 unspecified atom stereocenters. The summed E-state index contributed by atoms with van der Waals surface area (Å²) in [5.74, 6) is -1.32. The number of carboxylic acids is 1. The third-order valence-corrected chi connectivity index (χ3v) is 2.42. The molecule has 0 amide bonds. The number of nitrogens with one attached hydrogen (secondary N) is 1. The largest absolute Gasteiger partial charge is 0.478 e. The number of hydrogen-bond donors (Lipinski definition) is 2. The van der Waals surface area contributed by atoms with Crippen molar-refractivity contribution in [3.63, 3.8) is 0 Å². The van der Waals surface area contributed by atoms with Crippen LogP contribution in [0, 0.1) is 5.82 Å². The highest BCUT2D eigenvalue weighted by atomic mass is 19.1. The number of imidazole rings is 1. The van der Waals surface area contributed by atoms with Gasteiger partial charge in [0.1, 0.15) is 23.8 Å². The second-order valence-electron chi connectivity index (χ2n) is 3.89. The average Bonchev–Trinajstić information content (AvgIpc) is 2.70. The molecule has 0 saturated carbocycles. The zero-order valence-electron chi connectivity index (χ0n) is 9.86. The first-order valence-electron chi connectivity index (χ1n) is 5.61. The maximum atomic E-state index is 13.2. The van der Waals surface area contributed by atoms with Gasteiger partial charge in [-0.1, -0.05) is 6.92 Å². The van der Waals surface area contributed by atoms with Crippen LogP contribution in [0.5, 0.6) is 0 Å². The molecule has 0 radical (unpaired) electrons. The minimum atomic E-state index is -1.20. The molecule has 96 valence electrons. The van der Waals surface area contributed by atoms with Crippen LogP contribution in [0.1, 0.15) is 29.5 Å². The molecule has 0 bridgehead atoms. The topological polar surface area (TPSA) is 75.2 Å². The van der Waals surface area contributed by atoms with E-state index in [0.29, 0.717) is 17.9 Å². The fourth-order valence-electron chi connectivity index (χ4n) is 1.68. The van der Waals surface area contributed by atoms with Gasteiger partial charge in [-0.3, -0.25) is 0 Å². The van der Waals surface area contributed by atoms with Crippen LogP contribution in [0.4, 0.5) is 4.39 Å². The molecule has 5 nitrogen and oxygen atoms in total. The van der Waals surface area contributed by atoms with Crippen LogP contribution in [0.25, 0.3) is 11.0 Å². The highest BCUT2D eigenvalue weighted by Crippen LogP contribution is 2.19. The lowest BCUT2D eigenvalue weighted by molar-refractivity contribution is 0.0698. The fourth-order valence-corrected chi connectivity index (χ4v) is 1.68. The standard InChI is InChI=1S/C12H13FN2O3/c1-2-3-18-6-10-14-9-5-7(13)4-8(12(16)17)11(9)15-10/h4-5H,2-3,6H2,1H3,(H,14,15)(H,16,17). The maximum Gasteiger partial charge on any atom is 0.338 e. The van der Waals surface area contributed by atoms with Crippen LogP contribution in [0.15, 0.2) is 12.1 Å². The quantitative estimate of drug-likeness (QED) is 0.801. The lowest BCUT2D eigenvalue weighted by atomic mass is 10.2. The van der Waals surface area contributed by atoms with Crippen molar-refractivity contribution >= 4 is 17.0 Å². The second kappa shape index (κ2) is 5.14. The Morgan fingerprint density at radius 2 is 2.33 bits per heavy atom. The number of halogens is 1. The number of fused-ring (bicyclic) bond motifs is 1. The van der Waals surface area contributed by atoms with Gasteiger partial charge in [0.2, 0.25) is 0 Å². The van der Waals surface area contributed by atoms with Crippen LogP contribution in [0.3, 0.4) is 0 Å². The SMILES string of the molecule is CCCOCc1nc2c(C(=O)O)cc(F)cc2[nH]1. The van der Waals surface area contributed by atoms with E-state index in [0.717, 1.165) is 12.5 Å². The van der Waals surface area contributed by atoms with Gasteiger partial charge in [0.25, 0.3) is 0 Å². The van der Waals surface area contributed by atoms with Gasteiger partial charge in [-0.05, 0) is 18.6 Å². The zero-order valence-corrected chi connectivity index (χ0v) is 9.86. The average molecular weight is 252 g/mol. The first-order valence-corrected chi connectivity index (χ1v) is 5.61.